The number of nitrogens with zero attached hydrogens (tertiary/aromatic N) is 1. The summed E-state index contributed by atoms with van der Waals surface area (Å²) < 4.78 is 0.722. The predicted molar refractivity (Wildman–Crippen MR) is 77.9 cm³/mol. The zero-order valence-electron chi connectivity index (χ0n) is 10.4. The molecule has 0 unspecified atom stereocenters. The van der Waals surface area contributed by atoms with Gasteiger partial charge in [-0.2, -0.15) is 0 Å². The Hall–Kier alpha value is -1.22. The lowest BCUT2D eigenvalue weighted by Crippen LogP contribution is -2.03. The topological polar surface area (TPSA) is 30.0 Å². The number of rotatable bonds is 5. The van der Waals surface area contributed by atoms with Crippen molar-refractivity contribution < 1.29 is 4.79 Å². The van der Waals surface area contributed by atoms with Gasteiger partial charge in [0.25, 0.3) is 0 Å². The van der Waals surface area contributed by atoms with E-state index < -0.39 is 0 Å². The smallest absolute Gasteiger partial charge is 0.181 e. The molecular formula is C15H16BrNO. The molecule has 0 aliphatic heterocycles. The zero-order chi connectivity index (χ0) is 13.0. The quantitative estimate of drug-likeness (QED) is 0.453. The monoisotopic (exact) mass is 305 g/mol. The van der Waals surface area contributed by atoms with Crippen molar-refractivity contribution in [1.82, 2.24) is 4.98 Å². The summed E-state index contributed by atoms with van der Waals surface area (Å²) in [5, 5.41) is 2.00. The number of carbonyl (C=O) groups excluding carboxylic acids is 1. The molecule has 0 aliphatic rings. The Morgan fingerprint density at radius 2 is 2.06 bits per heavy atom. The van der Waals surface area contributed by atoms with E-state index in [9.17, 15) is 4.79 Å². The normalized spacial score (nSPS) is 10.8. The summed E-state index contributed by atoms with van der Waals surface area (Å²) in [4.78, 5) is 16.5. The SMILES string of the molecule is CCCCCC(=O)c1nc(Br)cc2ccccc12. The van der Waals surface area contributed by atoms with Gasteiger partial charge in [0, 0.05) is 11.8 Å². The molecule has 0 N–H and O–H groups in total. The minimum Gasteiger partial charge on any atom is -0.292 e. The predicted octanol–water partition coefficient (Wildman–Crippen LogP) is 4.76. The minimum absolute atomic E-state index is 0.140. The van der Waals surface area contributed by atoms with Gasteiger partial charge in [-0.25, -0.2) is 4.98 Å². The van der Waals surface area contributed by atoms with Gasteiger partial charge in [0.2, 0.25) is 0 Å². The van der Waals surface area contributed by atoms with E-state index in [1.807, 2.05) is 30.3 Å². The Balaban J connectivity index is 2.34. The molecule has 2 rings (SSSR count). The fraction of sp³-hybridized carbons (Fsp3) is 0.333. The summed E-state index contributed by atoms with van der Waals surface area (Å²) in [6.07, 6.45) is 3.75. The van der Waals surface area contributed by atoms with Gasteiger partial charge < -0.3 is 0 Å². The third-order valence-electron chi connectivity index (χ3n) is 2.98. The molecular weight excluding hydrogens is 290 g/mol. The number of hydrogen-bond acceptors (Lipinski definition) is 2. The molecule has 0 atom stereocenters. The third-order valence-corrected chi connectivity index (χ3v) is 3.39. The lowest BCUT2D eigenvalue weighted by molar-refractivity contribution is 0.0976. The maximum absolute atomic E-state index is 12.2. The van der Waals surface area contributed by atoms with Crippen LogP contribution in [-0.2, 0) is 0 Å². The summed E-state index contributed by atoms with van der Waals surface area (Å²) in [7, 11) is 0. The van der Waals surface area contributed by atoms with Crippen molar-refractivity contribution in [2.45, 2.75) is 32.6 Å². The standard InChI is InChI=1S/C15H16BrNO/c1-2-3-4-9-13(18)15-12-8-6-5-7-11(12)10-14(16)17-15/h5-8,10H,2-4,9H2,1H3. The Labute approximate surface area is 116 Å². The van der Waals surface area contributed by atoms with Gasteiger partial charge in [0.1, 0.15) is 10.3 Å². The van der Waals surface area contributed by atoms with Crippen LogP contribution in [0.15, 0.2) is 34.9 Å². The van der Waals surface area contributed by atoms with Gasteiger partial charge in [0.15, 0.2) is 5.78 Å². The molecule has 0 spiro atoms. The molecule has 0 saturated carbocycles. The Morgan fingerprint density at radius 1 is 1.28 bits per heavy atom. The number of aromatic nitrogens is 1. The van der Waals surface area contributed by atoms with Crippen molar-refractivity contribution >= 4 is 32.5 Å². The molecule has 1 aromatic heterocycles. The van der Waals surface area contributed by atoms with Crippen LogP contribution in [0.5, 0.6) is 0 Å². The molecule has 2 nitrogen and oxygen atoms in total. The van der Waals surface area contributed by atoms with E-state index in [-0.39, 0.29) is 5.78 Å². The Kier molecular flexibility index (Phi) is 4.48. The summed E-state index contributed by atoms with van der Waals surface area (Å²) in [5.41, 5.74) is 0.594. The first-order valence-electron chi connectivity index (χ1n) is 6.31. The highest BCUT2D eigenvalue weighted by molar-refractivity contribution is 9.10. The van der Waals surface area contributed by atoms with Crippen LogP contribution in [0.25, 0.3) is 10.8 Å². The average Bonchev–Trinajstić information content (AvgIpc) is 2.38. The second kappa shape index (κ2) is 6.10. The van der Waals surface area contributed by atoms with Gasteiger partial charge in [-0.05, 0) is 33.8 Å². The van der Waals surface area contributed by atoms with Crippen molar-refractivity contribution in [3.8, 4) is 0 Å². The van der Waals surface area contributed by atoms with Crippen molar-refractivity contribution in [3.05, 3.63) is 40.6 Å². The van der Waals surface area contributed by atoms with Crippen LogP contribution in [-0.4, -0.2) is 10.8 Å². The molecule has 0 aliphatic carbocycles. The van der Waals surface area contributed by atoms with Crippen molar-refractivity contribution in [2.24, 2.45) is 0 Å². The van der Waals surface area contributed by atoms with E-state index in [0.717, 1.165) is 34.6 Å². The van der Waals surface area contributed by atoms with Crippen LogP contribution in [0.1, 0.15) is 43.1 Å². The van der Waals surface area contributed by atoms with E-state index in [0.29, 0.717) is 12.1 Å². The summed E-state index contributed by atoms with van der Waals surface area (Å²) >= 11 is 3.37. The molecule has 0 saturated heterocycles. The first-order valence-corrected chi connectivity index (χ1v) is 7.10. The van der Waals surface area contributed by atoms with Crippen LogP contribution in [0.2, 0.25) is 0 Å². The number of carbonyl (C=O) groups is 1. The molecule has 94 valence electrons. The summed E-state index contributed by atoms with van der Waals surface area (Å²) in [6.45, 7) is 2.14. The van der Waals surface area contributed by atoms with Crippen LogP contribution in [0, 0.1) is 0 Å². The first kappa shape index (κ1) is 13.2. The van der Waals surface area contributed by atoms with E-state index in [2.05, 4.69) is 27.8 Å². The van der Waals surface area contributed by atoms with Crippen LogP contribution in [0.3, 0.4) is 0 Å². The number of ketones is 1. The molecule has 0 fully saturated rings. The van der Waals surface area contributed by atoms with Crippen LogP contribution in [0.4, 0.5) is 0 Å². The molecule has 1 heterocycles. The maximum Gasteiger partial charge on any atom is 0.181 e. The highest BCUT2D eigenvalue weighted by Crippen LogP contribution is 2.22. The van der Waals surface area contributed by atoms with Gasteiger partial charge in [0.05, 0.1) is 0 Å². The Morgan fingerprint density at radius 3 is 2.83 bits per heavy atom. The van der Waals surface area contributed by atoms with E-state index in [1.165, 1.54) is 0 Å². The minimum atomic E-state index is 0.140. The molecule has 0 bridgehead atoms. The number of unbranched alkanes of at least 4 members (excludes halogenated alkanes) is 2. The molecule has 0 amide bonds. The van der Waals surface area contributed by atoms with E-state index >= 15 is 0 Å². The number of fused-ring (bicyclic) bond motifs is 1. The van der Waals surface area contributed by atoms with Crippen molar-refractivity contribution in [2.75, 3.05) is 0 Å². The molecule has 18 heavy (non-hydrogen) atoms. The highest BCUT2D eigenvalue weighted by Gasteiger charge is 2.12. The van der Waals surface area contributed by atoms with Gasteiger partial charge in [-0.15, -0.1) is 0 Å². The highest BCUT2D eigenvalue weighted by atomic mass is 79.9. The first-order chi connectivity index (χ1) is 8.72. The fourth-order valence-electron chi connectivity index (χ4n) is 2.03. The van der Waals surface area contributed by atoms with Crippen LogP contribution >= 0.6 is 15.9 Å². The van der Waals surface area contributed by atoms with Crippen LogP contribution < -0.4 is 0 Å². The van der Waals surface area contributed by atoms with E-state index in [1.54, 1.807) is 0 Å². The lowest BCUT2D eigenvalue weighted by atomic mass is 10.0. The number of benzene rings is 1. The summed E-state index contributed by atoms with van der Waals surface area (Å²) in [6, 6.07) is 9.82. The maximum atomic E-state index is 12.2. The zero-order valence-corrected chi connectivity index (χ0v) is 12.0. The van der Waals surface area contributed by atoms with Gasteiger partial charge in [-0.3, -0.25) is 4.79 Å². The second-order valence-corrected chi connectivity index (χ2v) is 5.21. The lowest BCUT2D eigenvalue weighted by Gasteiger charge is -2.06. The number of halogens is 1. The molecule has 2 aromatic rings. The van der Waals surface area contributed by atoms with Gasteiger partial charge in [-0.1, -0.05) is 44.0 Å². The number of hydrogen-bond donors (Lipinski definition) is 0. The average molecular weight is 306 g/mol. The Bertz CT molecular complexity index is 565. The van der Waals surface area contributed by atoms with Crippen molar-refractivity contribution in [3.63, 3.8) is 0 Å². The largest absolute Gasteiger partial charge is 0.292 e. The second-order valence-electron chi connectivity index (χ2n) is 4.40. The van der Waals surface area contributed by atoms with Crippen molar-refractivity contribution in [1.29, 1.82) is 0 Å². The molecule has 1 aromatic carbocycles. The fourth-order valence-corrected chi connectivity index (χ4v) is 2.46. The van der Waals surface area contributed by atoms with E-state index in [4.69, 9.17) is 0 Å². The third kappa shape index (κ3) is 2.96. The number of pyridine rings is 1. The number of Topliss-reactive ketones (excluding diaryl/α,β-unsaturated/α-hetero) is 1. The molecule has 3 heteroatoms. The van der Waals surface area contributed by atoms with Gasteiger partial charge >= 0.3 is 0 Å². The molecule has 0 radical (unpaired) electrons. The summed E-state index contributed by atoms with van der Waals surface area (Å²) in [5.74, 6) is 0.140.